The van der Waals surface area contributed by atoms with Gasteiger partial charge >= 0.3 is 0 Å². The van der Waals surface area contributed by atoms with Crippen molar-refractivity contribution in [2.45, 2.75) is 50.6 Å². The van der Waals surface area contributed by atoms with Crippen LogP contribution >= 0.6 is 11.3 Å². The van der Waals surface area contributed by atoms with Gasteiger partial charge in [0.25, 0.3) is 0 Å². The molecule has 2 aromatic heterocycles. The Labute approximate surface area is 172 Å². The average Bonchev–Trinajstić information content (AvgIpc) is 3.16. The number of aromatic nitrogens is 3. The maximum absolute atomic E-state index is 13.5. The van der Waals surface area contributed by atoms with Crippen molar-refractivity contribution in [3.63, 3.8) is 0 Å². The number of hydrogen-bond donors (Lipinski definition) is 2. The van der Waals surface area contributed by atoms with E-state index >= 15 is 0 Å². The normalized spacial score (nSPS) is 22.6. The fourth-order valence-electron chi connectivity index (χ4n) is 3.71. The highest BCUT2D eigenvalue weighted by molar-refractivity contribution is 7.13. The van der Waals surface area contributed by atoms with E-state index in [2.05, 4.69) is 15.3 Å². The lowest BCUT2D eigenvalue weighted by atomic mass is 9.92. The van der Waals surface area contributed by atoms with E-state index in [4.69, 9.17) is 9.72 Å². The third-order valence-corrected chi connectivity index (χ3v) is 6.28. The molecule has 1 saturated heterocycles. The largest absolute Gasteiger partial charge is 0.394 e. The van der Waals surface area contributed by atoms with Gasteiger partial charge in [0.05, 0.1) is 25.9 Å². The van der Waals surface area contributed by atoms with Crippen molar-refractivity contribution >= 4 is 23.0 Å². The molecule has 10 heteroatoms. The summed E-state index contributed by atoms with van der Waals surface area (Å²) in [7, 11) is 0. The van der Waals surface area contributed by atoms with E-state index in [9.17, 15) is 13.9 Å². The maximum Gasteiger partial charge on any atom is 0.248 e. The summed E-state index contributed by atoms with van der Waals surface area (Å²) in [4.78, 5) is 15.8. The van der Waals surface area contributed by atoms with E-state index in [0.29, 0.717) is 55.1 Å². The van der Waals surface area contributed by atoms with Crippen molar-refractivity contribution in [1.29, 1.82) is 0 Å². The number of ether oxygens (including phenoxy) is 1. The number of rotatable bonds is 5. The number of thiazole rings is 1. The van der Waals surface area contributed by atoms with Gasteiger partial charge in [-0.1, -0.05) is 0 Å². The minimum absolute atomic E-state index is 0.0455. The van der Waals surface area contributed by atoms with Crippen LogP contribution in [0.4, 0.5) is 20.4 Å². The average molecular weight is 426 g/mol. The van der Waals surface area contributed by atoms with E-state index < -0.39 is 5.92 Å². The van der Waals surface area contributed by atoms with E-state index in [-0.39, 0.29) is 31.5 Å². The zero-order valence-corrected chi connectivity index (χ0v) is 17.1. The molecule has 1 unspecified atom stereocenters. The molecule has 0 radical (unpaired) electrons. The van der Waals surface area contributed by atoms with Crippen molar-refractivity contribution < 1.29 is 18.6 Å². The van der Waals surface area contributed by atoms with Gasteiger partial charge in [-0.05, 0) is 19.8 Å². The molecule has 2 N–H and O–H groups in total. The van der Waals surface area contributed by atoms with Crippen LogP contribution in [0.3, 0.4) is 0 Å². The summed E-state index contributed by atoms with van der Waals surface area (Å²) in [6.45, 7) is 3.44. The third kappa shape index (κ3) is 4.81. The number of anilines is 2. The van der Waals surface area contributed by atoms with Gasteiger partial charge in [0, 0.05) is 42.6 Å². The number of hydrogen-bond acceptors (Lipinski definition) is 8. The molecule has 0 amide bonds. The second-order valence-corrected chi connectivity index (χ2v) is 8.47. The molecule has 2 aliphatic rings. The molecule has 1 aliphatic carbocycles. The Balaban J connectivity index is 1.63. The number of aliphatic hydroxyl groups is 1. The Morgan fingerprint density at radius 3 is 2.79 bits per heavy atom. The van der Waals surface area contributed by atoms with Gasteiger partial charge in [0.1, 0.15) is 11.6 Å². The molecular formula is C19H25F2N5O2S. The highest BCUT2D eigenvalue weighted by atomic mass is 32.1. The van der Waals surface area contributed by atoms with E-state index in [0.717, 1.165) is 5.69 Å². The molecule has 0 bridgehead atoms. The SMILES string of the molecule is Cc1csc(-c2nc(NC3CCC(F)(F)CC3)cc(N3CCOCC3CO)n2)n1. The topological polar surface area (TPSA) is 83.4 Å². The van der Waals surface area contributed by atoms with Gasteiger partial charge in [0.2, 0.25) is 5.92 Å². The quantitative estimate of drug-likeness (QED) is 0.762. The Morgan fingerprint density at radius 1 is 1.31 bits per heavy atom. The lowest BCUT2D eigenvalue weighted by molar-refractivity contribution is -0.0361. The molecule has 2 fully saturated rings. The van der Waals surface area contributed by atoms with Gasteiger partial charge in [-0.3, -0.25) is 0 Å². The van der Waals surface area contributed by atoms with Crippen LogP contribution in [0, 0.1) is 6.92 Å². The fraction of sp³-hybridized carbons (Fsp3) is 0.632. The van der Waals surface area contributed by atoms with Crippen LogP contribution in [0.1, 0.15) is 31.4 Å². The van der Waals surface area contributed by atoms with Crippen LogP contribution in [0.25, 0.3) is 10.8 Å². The second-order valence-electron chi connectivity index (χ2n) is 7.61. The minimum Gasteiger partial charge on any atom is -0.394 e. The smallest absolute Gasteiger partial charge is 0.248 e. The Kier molecular flexibility index (Phi) is 5.93. The first kappa shape index (κ1) is 20.4. The van der Waals surface area contributed by atoms with Crippen LogP contribution in [-0.4, -0.2) is 64.4 Å². The van der Waals surface area contributed by atoms with E-state index in [1.54, 1.807) is 0 Å². The fourth-order valence-corrected chi connectivity index (χ4v) is 4.44. The van der Waals surface area contributed by atoms with Crippen molar-refractivity contribution in [2.24, 2.45) is 0 Å². The van der Waals surface area contributed by atoms with Gasteiger partial charge in [-0.2, -0.15) is 0 Å². The molecule has 1 atom stereocenters. The molecule has 0 spiro atoms. The Hall–Kier alpha value is -1.91. The maximum atomic E-state index is 13.5. The number of nitrogens with one attached hydrogen (secondary N) is 1. The molecule has 3 heterocycles. The molecule has 1 aliphatic heterocycles. The van der Waals surface area contributed by atoms with Crippen molar-refractivity contribution in [2.75, 3.05) is 36.6 Å². The Morgan fingerprint density at radius 2 is 2.10 bits per heavy atom. The predicted molar refractivity (Wildman–Crippen MR) is 108 cm³/mol. The number of morpholine rings is 1. The molecule has 0 aromatic carbocycles. The summed E-state index contributed by atoms with van der Waals surface area (Å²) in [5.41, 5.74) is 0.891. The first-order valence-electron chi connectivity index (χ1n) is 9.85. The standard InChI is InChI=1S/C19H25F2N5O2S/c1-12-11-29-18(22-12)17-24-15(23-13-2-4-19(20,21)5-3-13)8-16(25-17)26-6-7-28-10-14(26)9-27/h8,11,13-14,27H,2-7,9-10H2,1H3,(H,23,24,25). The van der Waals surface area contributed by atoms with Gasteiger partial charge in [0.15, 0.2) is 10.8 Å². The van der Waals surface area contributed by atoms with Gasteiger partial charge in [-0.15, -0.1) is 11.3 Å². The predicted octanol–water partition coefficient (Wildman–Crippen LogP) is 3.10. The molecule has 1 saturated carbocycles. The second kappa shape index (κ2) is 8.45. The molecule has 158 valence electrons. The lowest BCUT2D eigenvalue weighted by Gasteiger charge is -2.35. The zero-order chi connectivity index (χ0) is 20.4. The van der Waals surface area contributed by atoms with Crippen molar-refractivity contribution in [1.82, 2.24) is 15.0 Å². The summed E-state index contributed by atoms with van der Waals surface area (Å²) in [6.07, 6.45) is 0.568. The number of nitrogens with zero attached hydrogens (tertiary/aromatic N) is 4. The minimum atomic E-state index is -2.57. The number of alkyl halides is 2. The van der Waals surface area contributed by atoms with Gasteiger partial charge in [-0.25, -0.2) is 23.7 Å². The number of aryl methyl sites for hydroxylation is 1. The van der Waals surface area contributed by atoms with Crippen LogP contribution in [0.5, 0.6) is 0 Å². The zero-order valence-electron chi connectivity index (χ0n) is 16.3. The lowest BCUT2D eigenvalue weighted by Crippen LogP contribution is -2.48. The molecule has 29 heavy (non-hydrogen) atoms. The number of aliphatic hydroxyl groups excluding tert-OH is 1. The number of halogens is 2. The highest BCUT2D eigenvalue weighted by Gasteiger charge is 2.35. The third-order valence-electron chi connectivity index (χ3n) is 5.32. The van der Waals surface area contributed by atoms with Gasteiger partial charge < -0.3 is 20.1 Å². The first-order chi connectivity index (χ1) is 13.9. The van der Waals surface area contributed by atoms with E-state index in [1.807, 2.05) is 23.3 Å². The summed E-state index contributed by atoms with van der Waals surface area (Å²) in [5.74, 6) is -0.807. The van der Waals surface area contributed by atoms with Crippen LogP contribution in [0.15, 0.2) is 11.4 Å². The summed E-state index contributed by atoms with van der Waals surface area (Å²) in [6, 6.07) is 1.58. The summed E-state index contributed by atoms with van der Waals surface area (Å²) in [5, 5.41) is 15.7. The van der Waals surface area contributed by atoms with Crippen molar-refractivity contribution in [3.8, 4) is 10.8 Å². The highest BCUT2D eigenvalue weighted by Crippen LogP contribution is 2.35. The molecular weight excluding hydrogens is 400 g/mol. The summed E-state index contributed by atoms with van der Waals surface area (Å²) >= 11 is 1.46. The van der Waals surface area contributed by atoms with Crippen molar-refractivity contribution in [3.05, 3.63) is 17.1 Å². The van der Waals surface area contributed by atoms with Crippen LogP contribution < -0.4 is 10.2 Å². The summed E-state index contributed by atoms with van der Waals surface area (Å²) < 4.78 is 32.5. The monoisotopic (exact) mass is 425 g/mol. The molecule has 2 aromatic rings. The molecule has 4 rings (SSSR count). The Bertz CT molecular complexity index is 840. The van der Waals surface area contributed by atoms with E-state index in [1.165, 1.54) is 11.3 Å². The first-order valence-corrected chi connectivity index (χ1v) is 10.7. The van der Waals surface area contributed by atoms with Crippen LogP contribution in [-0.2, 0) is 4.74 Å². The molecule has 7 nitrogen and oxygen atoms in total. The van der Waals surface area contributed by atoms with Crippen LogP contribution in [0.2, 0.25) is 0 Å².